The Kier molecular flexibility index (Phi) is 4.61. The summed E-state index contributed by atoms with van der Waals surface area (Å²) in [6.45, 7) is 2.35. The number of aromatic nitrogens is 2. The van der Waals surface area contributed by atoms with Crippen LogP contribution in [0, 0.1) is 6.92 Å². The van der Waals surface area contributed by atoms with E-state index in [-0.39, 0.29) is 24.0 Å². The number of carbonyl (C=O) groups is 2. The molecule has 2 aromatic rings. The van der Waals surface area contributed by atoms with Gasteiger partial charge in [-0.15, -0.1) is 0 Å². The minimum absolute atomic E-state index is 0.125. The second kappa shape index (κ2) is 6.84. The highest BCUT2D eigenvalue weighted by molar-refractivity contribution is 6.01. The van der Waals surface area contributed by atoms with Crippen LogP contribution in [-0.4, -0.2) is 47.8 Å². The third-order valence-corrected chi connectivity index (χ3v) is 4.17. The van der Waals surface area contributed by atoms with E-state index in [4.69, 9.17) is 4.74 Å². The molecule has 1 saturated heterocycles. The van der Waals surface area contributed by atoms with Crippen molar-refractivity contribution in [3.05, 3.63) is 41.6 Å². The molecule has 7 nitrogen and oxygen atoms in total. The summed E-state index contributed by atoms with van der Waals surface area (Å²) in [5.41, 5.74) is 2.75. The molecule has 1 aliphatic rings. The molecule has 1 amide bonds. The van der Waals surface area contributed by atoms with Gasteiger partial charge in [0.2, 0.25) is 0 Å². The van der Waals surface area contributed by atoms with Gasteiger partial charge >= 0.3 is 5.97 Å². The fourth-order valence-electron chi connectivity index (χ4n) is 2.94. The summed E-state index contributed by atoms with van der Waals surface area (Å²) in [5.74, 6) is -0.506. The molecular weight excluding hydrogens is 308 g/mol. The molecule has 24 heavy (non-hydrogen) atoms. The van der Waals surface area contributed by atoms with Crippen LogP contribution in [0.1, 0.15) is 22.5 Å². The lowest BCUT2D eigenvalue weighted by molar-refractivity contribution is -0.142. The number of ether oxygens (including phenoxy) is 1. The summed E-state index contributed by atoms with van der Waals surface area (Å²) in [5, 5.41) is 13.2. The maximum absolute atomic E-state index is 12.7. The zero-order valence-corrected chi connectivity index (χ0v) is 13.6. The number of aromatic amines is 1. The number of benzene rings is 1. The lowest BCUT2D eigenvalue weighted by atomic mass is 10.0. The van der Waals surface area contributed by atoms with E-state index >= 15 is 0 Å². The minimum atomic E-state index is -0.376. The molecule has 1 aromatic heterocycles. The minimum Gasteiger partial charge on any atom is -0.468 e. The fraction of sp³-hybridized carbons (Fsp3) is 0.353. The zero-order chi connectivity index (χ0) is 17.1. The molecule has 2 atom stereocenters. The van der Waals surface area contributed by atoms with Crippen LogP contribution in [-0.2, 0) is 9.53 Å². The van der Waals surface area contributed by atoms with Crippen LogP contribution in [0.3, 0.4) is 0 Å². The maximum atomic E-state index is 12.7. The lowest BCUT2D eigenvalue weighted by Crippen LogP contribution is -2.36. The van der Waals surface area contributed by atoms with Crippen LogP contribution in [0.2, 0.25) is 0 Å². The van der Waals surface area contributed by atoms with E-state index in [2.05, 4.69) is 20.8 Å². The summed E-state index contributed by atoms with van der Waals surface area (Å²) in [7, 11) is 1.36. The number of esters is 1. The van der Waals surface area contributed by atoms with Crippen LogP contribution in [0.4, 0.5) is 0 Å². The van der Waals surface area contributed by atoms with Gasteiger partial charge in [0.25, 0.3) is 5.91 Å². The third kappa shape index (κ3) is 3.16. The SMILES string of the molecule is COC(=O)[C@@H]1C[C@H](NC(=O)c2c(-c3ccccc3)n[nH]c2C)CN1. The first-order valence-corrected chi connectivity index (χ1v) is 7.82. The number of carbonyl (C=O) groups excluding carboxylic acids is 2. The highest BCUT2D eigenvalue weighted by atomic mass is 16.5. The van der Waals surface area contributed by atoms with E-state index in [1.54, 1.807) is 0 Å². The fourth-order valence-corrected chi connectivity index (χ4v) is 2.94. The van der Waals surface area contributed by atoms with Gasteiger partial charge in [0.1, 0.15) is 11.7 Å². The second-order valence-corrected chi connectivity index (χ2v) is 5.83. The Hall–Kier alpha value is -2.67. The Morgan fingerprint density at radius 2 is 2.04 bits per heavy atom. The Morgan fingerprint density at radius 3 is 2.75 bits per heavy atom. The molecule has 0 bridgehead atoms. The van der Waals surface area contributed by atoms with Gasteiger partial charge in [0, 0.05) is 23.8 Å². The quantitative estimate of drug-likeness (QED) is 0.728. The number of amides is 1. The molecule has 126 valence electrons. The number of hydrogen-bond donors (Lipinski definition) is 3. The van der Waals surface area contributed by atoms with Crippen LogP contribution in [0.5, 0.6) is 0 Å². The molecule has 0 aliphatic carbocycles. The van der Waals surface area contributed by atoms with Crippen LogP contribution < -0.4 is 10.6 Å². The van der Waals surface area contributed by atoms with E-state index in [0.29, 0.717) is 29.9 Å². The number of nitrogens with zero attached hydrogens (tertiary/aromatic N) is 1. The number of H-pyrrole nitrogens is 1. The largest absolute Gasteiger partial charge is 0.468 e. The van der Waals surface area contributed by atoms with Gasteiger partial charge in [-0.05, 0) is 13.3 Å². The molecule has 0 unspecified atom stereocenters. The molecular formula is C17H20N4O3. The Labute approximate surface area is 139 Å². The highest BCUT2D eigenvalue weighted by Gasteiger charge is 2.32. The predicted molar refractivity (Wildman–Crippen MR) is 88.4 cm³/mol. The topological polar surface area (TPSA) is 96.1 Å². The summed E-state index contributed by atoms with van der Waals surface area (Å²) in [6, 6.07) is 9.05. The Morgan fingerprint density at radius 1 is 1.29 bits per heavy atom. The Bertz CT molecular complexity index is 742. The zero-order valence-electron chi connectivity index (χ0n) is 13.6. The number of methoxy groups -OCH3 is 1. The van der Waals surface area contributed by atoms with Crippen molar-refractivity contribution in [1.82, 2.24) is 20.8 Å². The first kappa shape index (κ1) is 16.2. The molecule has 3 N–H and O–H groups in total. The number of rotatable bonds is 4. The Balaban J connectivity index is 1.75. The van der Waals surface area contributed by atoms with E-state index in [1.165, 1.54) is 7.11 Å². The molecule has 2 heterocycles. The van der Waals surface area contributed by atoms with Crippen molar-refractivity contribution >= 4 is 11.9 Å². The third-order valence-electron chi connectivity index (χ3n) is 4.17. The lowest BCUT2D eigenvalue weighted by Gasteiger charge is -2.12. The van der Waals surface area contributed by atoms with E-state index < -0.39 is 0 Å². The molecule has 0 spiro atoms. The monoisotopic (exact) mass is 328 g/mol. The summed E-state index contributed by atoms with van der Waals surface area (Å²) in [4.78, 5) is 24.3. The van der Waals surface area contributed by atoms with Crippen molar-refractivity contribution in [2.24, 2.45) is 0 Å². The van der Waals surface area contributed by atoms with Crippen molar-refractivity contribution in [3.8, 4) is 11.3 Å². The summed E-state index contributed by atoms with van der Waals surface area (Å²) < 4.78 is 4.73. The van der Waals surface area contributed by atoms with Crippen molar-refractivity contribution < 1.29 is 14.3 Å². The average Bonchev–Trinajstić information content (AvgIpc) is 3.21. The summed E-state index contributed by atoms with van der Waals surface area (Å²) in [6.07, 6.45) is 0.510. The first-order chi connectivity index (χ1) is 11.6. The smallest absolute Gasteiger partial charge is 0.322 e. The molecule has 3 rings (SSSR count). The molecule has 1 fully saturated rings. The maximum Gasteiger partial charge on any atom is 0.322 e. The van der Waals surface area contributed by atoms with Gasteiger partial charge in [-0.2, -0.15) is 5.10 Å². The van der Waals surface area contributed by atoms with Gasteiger partial charge in [-0.3, -0.25) is 14.7 Å². The highest BCUT2D eigenvalue weighted by Crippen LogP contribution is 2.23. The normalized spacial score (nSPS) is 19.9. The van der Waals surface area contributed by atoms with Gasteiger partial charge < -0.3 is 15.4 Å². The predicted octanol–water partition coefficient (Wildman–Crippen LogP) is 1.02. The van der Waals surface area contributed by atoms with Gasteiger partial charge in [-0.25, -0.2) is 0 Å². The molecule has 0 saturated carbocycles. The van der Waals surface area contributed by atoms with Crippen LogP contribution in [0.15, 0.2) is 30.3 Å². The van der Waals surface area contributed by atoms with Crippen LogP contribution in [0.25, 0.3) is 11.3 Å². The number of nitrogens with one attached hydrogen (secondary N) is 3. The van der Waals surface area contributed by atoms with E-state index in [1.807, 2.05) is 37.3 Å². The van der Waals surface area contributed by atoms with Gasteiger partial charge in [-0.1, -0.05) is 30.3 Å². The number of hydrogen-bond acceptors (Lipinski definition) is 5. The molecule has 7 heteroatoms. The first-order valence-electron chi connectivity index (χ1n) is 7.82. The van der Waals surface area contributed by atoms with Crippen molar-refractivity contribution in [2.45, 2.75) is 25.4 Å². The van der Waals surface area contributed by atoms with Gasteiger partial charge in [0.05, 0.1) is 12.7 Å². The average molecular weight is 328 g/mol. The summed E-state index contributed by atoms with van der Waals surface area (Å²) >= 11 is 0. The van der Waals surface area contributed by atoms with Crippen LogP contribution >= 0.6 is 0 Å². The molecule has 1 aliphatic heterocycles. The standard InChI is InChI=1S/C17H20N4O3/c1-10-14(15(21-20-10)11-6-4-3-5-7-11)16(22)19-12-8-13(18-9-12)17(23)24-2/h3-7,12-13,18H,8-9H2,1-2H3,(H,19,22)(H,20,21)/t12-,13-/m0/s1. The van der Waals surface area contributed by atoms with E-state index in [0.717, 1.165) is 5.56 Å². The number of aryl methyl sites for hydroxylation is 1. The van der Waals surface area contributed by atoms with Crippen molar-refractivity contribution in [3.63, 3.8) is 0 Å². The second-order valence-electron chi connectivity index (χ2n) is 5.83. The van der Waals surface area contributed by atoms with Gasteiger partial charge in [0.15, 0.2) is 0 Å². The van der Waals surface area contributed by atoms with Crippen molar-refractivity contribution in [1.29, 1.82) is 0 Å². The van der Waals surface area contributed by atoms with Crippen molar-refractivity contribution in [2.75, 3.05) is 13.7 Å². The molecule has 1 aromatic carbocycles. The van der Waals surface area contributed by atoms with E-state index in [9.17, 15) is 9.59 Å². The molecule has 0 radical (unpaired) electrons.